The number of nitrogens with zero attached hydrogens (tertiary/aromatic N) is 3. The molecule has 0 amide bonds. The van der Waals surface area contributed by atoms with Gasteiger partial charge in [0, 0.05) is 12.6 Å². The molecular formula is C17H26IN5O. The quantitative estimate of drug-likeness (QED) is 0.391. The van der Waals surface area contributed by atoms with Gasteiger partial charge in [-0.05, 0) is 39.2 Å². The van der Waals surface area contributed by atoms with E-state index in [0.29, 0.717) is 24.3 Å². The first-order chi connectivity index (χ1) is 11.2. The van der Waals surface area contributed by atoms with Crippen LogP contribution in [0.4, 0.5) is 0 Å². The molecular weight excluding hydrogens is 417 g/mol. The van der Waals surface area contributed by atoms with Gasteiger partial charge in [-0.25, -0.2) is 4.99 Å². The lowest BCUT2D eigenvalue weighted by molar-refractivity contribution is 0.376. The van der Waals surface area contributed by atoms with Gasteiger partial charge in [0.1, 0.15) is 6.54 Å². The van der Waals surface area contributed by atoms with Gasteiger partial charge in [-0.3, -0.25) is 0 Å². The maximum Gasteiger partial charge on any atom is 0.248 e. The summed E-state index contributed by atoms with van der Waals surface area (Å²) in [7, 11) is 0. The van der Waals surface area contributed by atoms with Crippen molar-refractivity contribution in [2.75, 3.05) is 6.54 Å². The molecule has 132 valence electrons. The van der Waals surface area contributed by atoms with Crippen LogP contribution in [-0.4, -0.2) is 28.7 Å². The Morgan fingerprint density at radius 1 is 1.29 bits per heavy atom. The van der Waals surface area contributed by atoms with Crippen LogP contribution < -0.4 is 10.6 Å². The third kappa shape index (κ3) is 7.29. The molecule has 6 nitrogen and oxygen atoms in total. The molecule has 24 heavy (non-hydrogen) atoms. The number of hydrogen-bond acceptors (Lipinski definition) is 4. The normalized spacial score (nSPS) is 12.4. The van der Waals surface area contributed by atoms with Crippen molar-refractivity contribution in [1.82, 2.24) is 20.8 Å². The van der Waals surface area contributed by atoms with Crippen molar-refractivity contribution in [2.24, 2.45) is 4.99 Å². The van der Waals surface area contributed by atoms with Crippen LogP contribution in [0.5, 0.6) is 0 Å². The van der Waals surface area contributed by atoms with Crippen LogP contribution in [0.3, 0.4) is 0 Å². The molecule has 1 aromatic heterocycles. The minimum absolute atomic E-state index is 0. The zero-order valence-corrected chi connectivity index (χ0v) is 16.8. The Kier molecular flexibility index (Phi) is 9.36. The summed E-state index contributed by atoms with van der Waals surface area (Å²) in [6, 6.07) is 10.8. The first-order valence-corrected chi connectivity index (χ1v) is 8.05. The zero-order chi connectivity index (χ0) is 16.5. The topological polar surface area (TPSA) is 75.3 Å². The number of guanidine groups is 1. The third-order valence-electron chi connectivity index (χ3n) is 3.38. The van der Waals surface area contributed by atoms with Crippen LogP contribution in [0, 0.1) is 6.92 Å². The molecule has 0 aliphatic rings. The Balaban J connectivity index is 0.00000288. The number of nitrogens with one attached hydrogen (secondary N) is 2. The van der Waals surface area contributed by atoms with Crippen LogP contribution in [-0.2, 0) is 13.0 Å². The van der Waals surface area contributed by atoms with Gasteiger partial charge in [-0.1, -0.05) is 35.5 Å². The lowest BCUT2D eigenvalue weighted by Gasteiger charge is -2.17. The fourth-order valence-corrected chi connectivity index (χ4v) is 2.20. The smallest absolute Gasteiger partial charge is 0.248 e. The van der Waals surface area contributed by atoms with E-state index in [1.807, 2.05) is 13.0 Å². The Hall–Kier alpha value is -1.64. The van der Waals surface area contributed by atoms with Gasteiger partial charge in [0.05, 0.1) is 0 Å². The second kappa shape index (κ2) is 11.0. The lowest BCUT2D eigenvalue weighted by Crippen LogP contribution is -2.42. The Morgan fingerprint density at radius 3 is 2.67 bits per heavy atom. The molecule has 0 saturated heterocycles. The third-order valence-corrected chi connectivity index (χ3v) is 3.38. The number of hydrogen-bond donors (Lipinski definition) is 2. The van der Waals surface area contributed by atoms with Gasteiger partial charge in [-0.2, -0.15) is 4.98 Å². The number of aliphatic imine (C=N–C) groups is 1. The standard InChI is InChI=1S/C17H25N5O.HI/c1-4-18-17(19-12-16-21-14(3)22-23-16)20-13(2)10-11-15-8-6-5-7-9-15;/h5-9,13H,4,10-12H2,1-3H3,(H2,18,19,20);1H. The fourth-order valence-electron chi connectivity index (χ4n) is 2.20. The molecule has 0 bridgehead atoms. The number of aromatic nitrogens is 2. The largest absolute Gasteiger partial charge is 0.357 e. The van der Waals surface area contributed by atoms with E-state index in [9.17, 15) is 0 Å². The van der Waals surface area contributed by atoms with E-state index in [1.54, 1.807) is 6.92 Å². The summed E-state index contributed by atoms with van der Waals surface area (Å²) in [6.45, 7) is 7.18. The molecule has 1 aromatic carbocycles. The van der Waals surface area contributed by atoms with E-state index < -0.39 is 0 Å². The molecule has 0 saturated carbocycles. The second-order valence-electron chi connectivity index (χ2n) is 5.50. The number of benzene rings is 1. The summed E-state index contributed by atoms with van der Waals surface area (Å²) in [5, 5.41) is 10.4. The van der Waals surface area contributed by atoms with E-state index in [1.165, 1.54) is 5.56 Å². The van der Waals surface area contributed by atoms with E-state index in [0.717, 1.165) is 25.3 Å². The maximum absolute atomic E-state index is 5.08. The van der Waals surface area contributed by atoms with Gasteiger partial charge in [0.2, 0.25) is 5.89 Å². The van der Waals surface area contributed by atoms with Crippen molar-refractivity contribution in [2.45, 2.75) is 46.2 Å². The highest BCUT2D eigenvalue weighted by atomic mass is 127. The van der Waals surface area contributed by atoms with Crippen molar-refractivity contribution in [1.29, 1.82) is 0 Å². The highest BCUT2D eigenvalue weighted by molar-refractivity contribution is 14.0. The van der Waals surface area contributed by atoms with Crippen LogP contribution in [0.2, 0.25) is 0 Å². The van der Waals surface area contributed by atoms with E-state index >= 15 is 0 Å². The number of aryl methyl sites for hydroxylation is 2. The van der Waals surface area contributed by atoms with Crippen molar-refractivity contribution in [3.05, 3.63) is 47.6 Å². The molecule has 1 atom stereocenters. The Morgan fingerprint density at radius 2 is 2.04 bits per heavy atom. The van der Waals surface area contributed by atoms with E-state index in [4.69, 9.17) is 4.52 Å². The number of rotatable bonds is 7. The Bertz CT molecular complexity index is 614. The summed E-state index contributed by atoms with van der Waals surface area (Å²) in [5.41, 5.74) is 1.35. The average molecular weight is 443 g/mol. The molecule has 2 N–H and O–H groups in total. The minimum Gasteiger partial charge on any atom is -0.357 e. The molecule has 2 rings (SSSR count). The minimum atomic E-state index is 0. The predicted octanol–water partition coefficient (Wildman–Crippen LogP) is 3.07. The predicted molar refractivity (Wildman–Crippen MR) is 107 cm³/mol. The SMILES string of the molecule is CCNC(=NCc1nc(C)no1)NC(C)CCc1ccccc1.I. The molecule has 1 heterocycles. The highest BCUT2D eigenvalue weighted by Crippen LogP contribution is 2.05. The van der Waals surface area contributed by atoms with Gasteiger partial charge >= 0.3 is 0 Å². The summed E-state index contributed by atoms with van der Waals surface area (Å²) < 4.78 is 5.08. The highest BCUT2D eigenvalue weighted by Gasteiger charge is 2.07. The molecule has 0 aliphatic carbocycles. The fraction of sp³-hybridized carbons (Fsp3) is 0.471. The van der Waals surface area contributed by atoms with Crippen LogP contribution in [0.1, 0.15) is 37.5 Å². The monoisotopic (exact) mass is 443 g/mol. The second-order valence-corrected chi connectivity index (χ2v) is 5.50. The summed E-state index contributed by atoms with van der Waals surface area (Å²) in [5.74, 6) is 1.92. The lowest BCUT2D eigenvalue weighted by atomic mass is 10.1. The summed E-state index contributed by atoms with van der Waals surface area (Å²) >= 11 is 0. The van der Waals surface area contributed by atoms with Crippen LogP contribution in [0.25, 0.3) is 0 Å². The molecule has 0 fully saturated rings. The molecule has 7 heteroatoms. The van der Waals surface area contributed by atoms with Crippen molar-refractivity contribution in [3.8, 4) is 0 Å². The first kappa shape index (κ1) is 20.4. The summed E-state index contributed by atoms with van der Waals surface area (Å²) in [6.07, 6.45) is 2.07. The molecule has 0 radical (unpaired) electrons. The van der Waals surface area contributed by atoms with Gasteiger partial charge in [0.25, 0.3) is 0 Å². The molecule has 0 aliphatic heterocycles. The van der Waals surface area contributed by atoms with Crippen LogP contribution >= 0.6 is 24.0 Å². The molecule has 1 unspecified atom stereocenters. The number of halogens is 1. The van der Waals surface area contributed by atoms with Crippen molar-refractivity contribution < 1.29 is 4.52 Å². The van der Waals surface area contributed by atoms with Crippen molar-refractivity contribution in [3.63, 3.8) is 0 Å². The first-order valence-electron chi connectivity index (χ1n) is 8.05. The zero-order valence-electron chi connectivity index (χ0n) is 14.5. The van der Waals surface area contributed by atoms with Gasteiger partial charge < -0.3 is 15.2 Å². The summed E-state index contributed by atoms with van der Waals surface area (Å²) in [4.78, 5) is 8.65. The average Bonchev–Trinajstić information content (AvgIpc) is 2.97. The molecule has 0 spiro atoms. The van der Waals surface area contributed by atoms with Gasteiger partial charge in [-0.15, -0.1) is 24.0 Å². The van der Waals surface area contributed by atoms with Gasteiger partial charge in [0.15, 0.2) is 11.8 Å². The maximum atomic E-state index is 5.08. The van der Waals surface area contributed by atoms with Crippen molar-refractivity contribution >= 4 is 29.9 Å². The van der Waals surface area contributed by atoms with E-state index in [-0.39, 0.29) is 24.0 Å². The van der Waals surface area contributed by atoms with E-state index in [2.05, 4.69) is 57.0 Å². The molecule has 2 aromatic rings. The Labute approximate surface area is 160 Å². The van der Waals surface area contributed by atoms with Crippen LogP contribution in [0.15, 0.2) is 39.8 Å².